The first kappa shape index (κ1) is 14.8. The zero-order valence-electron chi connectivity index (χ0n) is 9.65. The molecule has 3 N–H and O–H groups in total. The summed E-state index contributed by atoms with van der Waals surface area (Å²) >= 11 is 0. The molecule has 1 rings (SSSR count). The van der Waals surface area contributed by atoms with E-state index in [2.05, 4.69) is 0 Å². The van der Waals surface area contributed by atoms with Crippen LogP contribution in [0.4, 0.5) is 13.2 Å². The minimum absolute atomic E-state index is 0.327. The fourth-order valence-corrected chi connectivity index (χ4v) is 1.21. The number of aliphatic carboxylic acids is 1. The van der Waals surface area contributed by atoms with Gasteiger partial charge in [0.2, 0.25) is 5.54 Å². The quantitative estimate of drug-likeness (QED) is 0.782. The highest BCUT2D eigenvalue weighted by atomic mass is 19.4. The van der Waals surface area contributed by atoms with Crippen molar-refractivity contribution in [1.29, 1.82) is 0 Å². The maximum Gasteiger partial charge on any atom is 0.422 e. The fraction of sp³-hybridized carbons (Fsp3) is 0.273. The predicted molar refractivity (Wildman–Crippen MR) is 57.7 cm³/mol. The number of carboxylic acids is 1. The number of phenolic OH excluding ortho intramolecular Hbond substituents is 1. The Morgan fingerprint density at radius 2 is 1.74 bits per heavy atom. The van der Waals surface area contributed by atoms with E-state index >= 15 is 0 Å². The number of carboxylic acid groups (broad SMARTS) is 1. The molecule has 5 nitrogen and oxygen atoms in total. The van der Waals surface area contributed by atoms with Gasteiger partial charge in [-0.15, -0.1) is 0 Å². The highest BCUT2D eigenvalue weighted by Crippen LogP contribution is 2.31. The van der Waals surface area contributed by atoms with Gasteiger partial charge < -0.3 is 15.5 Å². The summed E-state index contributed by atoms with van der Waals surface area (Å²) < 4.78 is 38.0. The van der Waals surface area contributed by atoms with Crippen molar-refractivity contribution in [3.63, 3.8) is 0 Å². The van der Waals surface area contributed by atoms with Crippen molar-refractivity contribution < 1.29 is 33.0 Å². The van der Waals surface area contributed by atoms with Gasteiger partial charge in [0.05, 0.1) is 5.56 Å². The van der Waals surface area contributed by atoms with Crippen LogP contribution in [0.2, 0.25) is 0 Å². The Labute approximate surface area is 105 Å². The van der Waals surface area contributed by atoms with Crippen LogP contribution >= 0.6 is 0 Å². The third-order valence-electron chi connectivity index (χ3n) is 2.51. The van der Waals surface area contributed by atoms with E-state index in [4.69, 9.17) is 5.11 Å². The average molecular weight is 277 g/mol. The van der Waals surface area contributed by atoms with Crippen LogP contribution in [0.5, 0.6) is 5.75 Å². The zero-order valence-corrected chi connectivity index (χ0v) is 9.65. The SMILES string of the molecule is CC(NC(=O)c1ccccc1O)(C(=O)O)C(F)(F)F. The molecular weight excluding hydrogens is 267 g/mol. The number of benzene rings is 1. The number of carbonyl (C=O) groups is 2. The normalized spacial score (nSPS) is 14.5. The number of rotatable bonds is 3. The molecule has 1 unspecified atom stereocenters. The van der Waals surface area contributed by atoms with Crippen LogP contribution < -0.4 is 5.32 Å². The monoisotopic (exact) mass is 277 g/mol. The van der Waals surface area contributed by atoms with Crippen molar-refractivity contribution in [3.05, 3.63) is 29.8 Å². The summed E-state index contributed by atoms with van der Waals surface area (Å²) in [6.07, 6.45) is -5.18. The maximum absolute atomic E-state index is 12.7. The number of halogens is 3. The molecule has 1 atom stereocenters. The van der Waals surface area contributed by atoms with Crippen molar-refractivity contribution in [2.45, 2.75) is 18.6 Å². The lowest BCUT2D eigenvalue weighted by atomic mass is 10.0. The summed E-state index contributed by atoms with van der Waals surface area (Å²) in [5.74, 6) is -4.13. The summed E-state index contributed by atoms with van der Waals surface area (Å²) in [5.41, 5.74) is -3.88. The molecule has 0 aliphatic rings. The molecule has 0 aliphatic carbocycles. The zero-order chi connectivity index (χ0) is 14.8. The van der Waals surface area contributed by atoms with Crippen molar-refractivity contribution in [1.82, 2.24) is 5.32 Å². The summed E-state index contributed by atoms with van der Waals surface area (Å²) in [6.45, 7) is 0.327. The van der Waals surface area contributed by atoms with Crippen molar-refractivity contribution >= 4 is 11.9 Å². The van der Waals surface area contributed by atoms with Crippen molar-refractivity contribution in [2.75, 3.05) is 0 Å². The summed E-state index contributed by atoms with van der Waals surface area (Å²) in [4.78, 5) is 22.3. The molecule has 1 aromatic rings. The molecule has 8 heteroatoms. The van der Waals surface area contributed by atoms with E-state index in [1.165, 1.54) is 17.4 Å². The highest BCUT2D eigenvalue weighted by Gasteiger charge is 2.58. The van der Waals surface area contributed by atoms with Crippen LogP contribution in [-0.2, 0) is 4.79 Å². The molecule has 0 radical (unpaired) electrons. The van der Waals surface area contributed by atoms with E-state index < -0.39 is 34.9 Å². The van der Waals surface area contributed by atoms with Crippen LogP contribution in [0.1, 0.15) is 17.3 Å². The molecule has 0 saturated heterocycles. The second kappa shape index (κ2) is 4.79. The smallest absolute Gasteiger partial charge is 0.422 e. The number of aromatic hydroxyl groups is 1. The molecule has 0 aromatic heterocycles. The molecule has 0 saturated carbocycles. The van der Waals surface area contributed by atoms with E-state index in [9.17, 15) is 27.9 Å². The van der Waals surface area contributed by atoms with Gasteiger partial charge in [-0.3, -0.25) is 4.79 Å². The van der Waals surface area contributed by atoms with Gasteiger partial charge >= 0.3 is 12.1 Å². The molecule has 0 heterocycles. The Bertz CT molecular complexity index is 515. The second-order valence-electron chi connectivity index (χ2n) is 3.90. The Balaban J connectivity index is 3.10. The maximum atomic E-state index is 12.7. The number of phenols is 1. The van der Waals surface area contributed by atoms with Gasteiger partial charge in [-0.05, 0) is 19.1 Å². The Morgan fingerprint density at radius 3 is 2.16 bits per heavy atom. The van der Waals surface area contributed by atoms with Gasteiger partial charge in [0.1, 0.15) is 5.75 Å². The van der Waals surface area contributed by atoms with Gasteiger partial charge in [0, 0.05) is 0 Å². The lowest BCUT2D eigenvalue weighted by Crippen LogP contribution is -2.61. The largest absolute Gasteiger partial charge is 0.507 e. The van der Waals surface area contributed by atoms with Crippen LogP contribution in [0.15, 0.2) is 24.3 Å². The third-order valence-corrected chi connectivity index (χ3v) is 2.51. The van der Waals surface area contributed by atoms with Crippen LogP contribution in [0.25, 0.3) is 0 Å². The second-order valence-corrected chi connectivity index (χ2v) is 3.90. The van der Waals surface area contributed by atoms with Gasteiger partial charge in [-0.25, -0.2) is 4.79 Å². The Kier molecular flexibility index (Phi) is 3.73. The number of amides is 1. The third kappa shape index (κ3) is 2.78. The van der Waals surface area contributed by atoms with Gasteiger partial charge in [0.25, 0.3) is 5.91 Å². The molecule has 19 heavy (non-hydrogen) atoms. The molecular formula is C11H10F3NO4. The number of alkyl halides is 3. The molecule has 0 aliphatic heterocycles. The summed E-state index contributed by atoms with van der Waals surface area (Å²) in [6, 6.07) is 4.86. The minimum Gasteiger partial charge on any atom is -0.507 e. The number of nitrogens with one attached hydrogen (secondary N) is 1. The average Bonchev–Trinajstić information content (AvgIpc) is 2.27. The van der Waals surface area contributed by atoms with Gasteiger partial charge in [-0.1, -0.05) is 12.1 Å². The molecule has 1 aromatic carbocycles. The topological polar surface area (TPSA) is 86.6 Å². The molecule has 1 amide bonds. The predicted octanol–water partition coefficient (Wildman–Crippen LogP) is 1.53. The van der Waals surface area contributed by atoms with Crippen molar-refractivity contribution in [3.8, 4) is 5.75 Å². The van der Waals surface area contributed by atoms with Crippen LogP contribution in [-0.4, -0.2) is 33.8 Å². The standard InChI is InChI=1S/C11H10F3NO4/c1-10(9(18)19,11(12,13)14)15-8(17)6-4-2-3-5-7(6)16/h2-5,16H,1H3,(H,15,17)(H,18,19). The first-order valence-corrected chi connectivity index (χ1v) is 5.00. The van der Waals surface area contributed by atoms with Gasteiger partial charge in [0.15, 0.2) is 0 Å². The summed E-state index contributed by atoms with van der Waals surface area (Å²) in [7, 11) is 0. The summed E-state index contributed by atoms with van der Waals surface area (Å²) in [5, 5.41) is 19.3. The molecule has 0 bridgehead atoms. The first-order valence-electron chi connectivity index (χ1n) is 5.00. The molecule has 0 fully saturated rings. The molecule has 0 spiro atoms. The van der Waals surface area contributed by atoms with Crippen LogP contribution in [0, 0.1) is 0 Å². The lowest BCUT2D eigenvalue weighted by molar-refractivity contribution is -0.203. The van der Waals surface area contributed by atoms with E-state index in [-0.39, 0.29) is 0 Å². The number of hydrogen-bond acceptors (Lipinski definition) is 3. The Hall–Kier alpha value is -2.25. The first-order chi connectivity index (χ1) is 8.59. The van der Waals surface area contributed by atoms with E-state index in [1.807, 2.05) is 0 Å². The van der Waals surface area contributed by atoms with Gasteiger partial charge in [-0.2, -0.15) is 13.2 Å². The fourth-order valence-electron chi connectivity index (χ4n) is 1.21. The van der Waals surface area contributed by atoms with E-state index in [1.54, 1.807) is 0 Å². The Morgan fingerprint density at radius 1 is 1.21 bits per heavy atom. The molecule has 104 valence electrons. The highest BCUT2D eigenvalue weighted by molar-refractivity contribution is 6.00. The van der Waals surface area contributed by atoms with Crippen LogP contribution in [0.3, 0.4) is 0 Å². The number of para-hydroxylation sites is 1. The number of carbonyl (C=O) groups excluding carboxylic acids is 1. The van der Waals surface area contributed by atoms with E-state index in [0.29, 0.717) is 6.92 Å². The van der Waals surface area contributed by atoms with Crippen molar-refractivity contribution in [2.24, 2.45) is 0 Å². The minimum atomic E-state index is -5.18. The lowest BCUT2D eigenvalue weighted by Gasteiger charge is -2.28. The number of hydrogen-bond donors (Lipinski definition) is 3. The van der Waals surface area contributed by atoms with E-state index in [0.717, 1.165) is 12.1 Å².